The molecule has 0 bridgehead atoms. The van der Waals surface area contributed by atoms with Crippen LogP contribution in [0.1, 0.15) is 23.8 Å². The number of sulfonamides is 1. The molecule has 1 aliphatic heterocycles. The maximum atomic E-state index is 11.4. The van der Waals surface area contributed by atoms with E-state index in [-0.39, 0.29) is 33.6 Å². The van der Waals surface area contributed by atoms with Gasteiger partial charge in [0.15, 0.2) is 5.96 Å². The number of benzene rings is 1. The number of guanidine groups is 1. The monoisotopic (exact) mass is 520 g/mol. The molecule has 1 aromatic heterocycles. The van der Waals surface area contributed by atoms with Crippen LogP contribution in [0.25, 0.3) is 0 Å². The molecule has 0 amide bonds. The summed E-state index contributed by atoms with van der Waals surface area (Å²) in [6, 6.07) is 13.9. The molecular weight excluding hydrogens is 495 g/mol. The number of nitrogens with two attached hydrogens (primary N) is 1. The molecule has 3 N–H and O–H groups in total. The normalized spacial score (nSPS) is 20.4. The van der Waals surface area contributed by atoms with Gasteiger partial charge in [0.2, 0.25) is 10.0 Å². The van der Waals surface area contributed by atoms with Crippen LogP contribution in [0.5, 0.6) is 0 Å². The van der Waals surface area contributed by atoms with Crippen molar-refractivity contribution in [2.24, 2.45) is 10.1 Å². The average molecular weight is 520 g/mol. The third-order valence-electron chi connectivity index (χ3n) is 4.79. The lowest BCUT2D eigenvalue weighted by molar-refractivity contribution is 0.439. The lowest BCUT2D eigenvalue weighted by Crippen LogP contribution is -2.41. The molecule has 1 aliphatic rings. The fourth-order valence-electron chi connectivity index (χ4n) is 3.32. The Hall–Kier alpha value is -1.17. The lowest BCUT2D eigenvalue weighted by Gasteiger charge is -2.27. The summed E-state index contributed by atoms with van der Waals surface area (Å²) in [5, 5.41) is 8.50. The molecule has 6 nitrogen and oxygen atoms in total. The molecule has 1 saturated heterocycles. The van der Waals surface area contributed by atoms with Crippen molar-refractivity contribution in [1.82, 2.24) is 10.2 Å². The van der Waals surface area contributed by atoms with Crippen LogP contribution in [0, 0.1) is 0 Å². The summed E-state index contributed by atoms with van der Waals surface area (Å²) in [5.41, 5.74) is 1.44. The maximum absolute atomic E-state index is 11.4. The maximum Gasteiger partial charge on any atom is 0.247 e. The molecule has 2 heterocycles. The number of nitrogens with zero attached hydrogens (tertiary/aromatic N) is 2. The summed E-state index contributed by atoms with van der Waals surface area (Å²) < 4.78 is 23.0. The van der Waals surface area contributed by atoms with Crippen LogP contribution >= 0.6 is 35.3 Å². The van der Waals surface area contributed by atoms with Crippen molar-refractivity contribution in [1.29, 1.82) is 0 Å². The molecule has 1 atom stereocenters. The van der Waals surface area contributed by atoms with Gasteiger partial charge in [-0.1, -0.05) is 37.3 Å². The second-order valence-corrected chi connectivity index (χ2v) is 9.72. The predicted molar refractivity (Wildman–Crippen MR) is 121 cm³/mol. The van der Waals surface area contributed by atoms with Crippen LogP contribution in [0.15, 0.2) is 51.7 Å². The summed E-state index contributed by atoms with van der Waals surface area (Å²) in [5.74, 6) is 0.829. The number of thiophene rings is 1. The van der Waals surface area contributed by atoms with E-state index < -0.39 is 10.0 Å². The first kappa shape index (κ1) is 22.1. The summed E-state index contributed by atoms with van der Waals surface area (Å²) >= 11 is 1.18. The Morgan fingerprint density at radius 2 is 2.00 bits per heavy atom. The van der Waals surface area contributed by atoms with Crippen molar-refractivity contribution < 1.29 is 8.42 Å². The highest BCUT2D eigenvalue weighted by Gasteiger charge is 2.36. The second kappa shape index (κ2) is 8.89. The van der Waals surface area contributed by atoms with Crippen LogP contribution in [0.3, 0.4) is 0 Å². The lowest BCUT2D eigenvalue weighted by atomic mass is 9.82. The molecule has 0 radical (unpaired) electrons. The Labute approximate surface area is 181 Å². The van der Waals surface area contributed by atoms with E-state index in [9.17, 15) is 8.42 Å². The van der Waals surface area contributed by atoms with Crippen molar-refractivity contribution >= 4 is 51.3 Å². The SMILES string of the molecule is CN=C(NCc1ccc(S(N)(=O)=O)s1)N1CCC(C)(c2ccccc2)C1.I. The van der Waals surface area contributed by atoms with Gasteiger partial charge in [0.25, 0.3) is 0 Å². The highest BCUT2D eigenvalue weighted by atomic mass is 127. The minimum absolute atomic E-state index is 0. The van der Waals surface area contributed by atoms with Gasteiger partial charge in [-0.25, -0.2) is 13.6 Å². The third-order valence-corrected chi connectivity index (χ3v) is 7.32. The van der Waals surface area contributed by atoms with E-state index >= 15 is 0 Å². The van der Waals surface area contributed by atoms with Gasteiger partial charge in [0.05, 0.1) is 6.54 Å². The smallest absolute Gasteiger partial charge is 0.247 e. The molecule has 1 aromatic carbocycles. The van der Waals surface area contributed by atoms with E-state index in [1.165, 1.54) is 16.9 Å². The molecule has 148 valence electrons. The Morgan fingerprint density at radius 1 is 1.30 bits per heavy atom. The van der Waals surface area contributed by atoms with Gasteiger partial charge >= 0.3 is 0 Å². The number of hydrogen-bond acceptors (Lipinski definition) is 4. The fraction of sp³-hybridized carbons (Fsp3) is 0.389. The van der Waals surface area contributed by atoms with Gasteiger partial charge in [-0.3, -0.25) is 4.99 Å². The van der Waals surface area contributed by atoms with Crippen LogP contribution in [-0.4, -0.2) is 39.4 Å². The summed E-state index contributed by atoms with van der Waals surface area (Å²) in [4.78, 5) is 7.55. The Morgan fingerprint density at radius 3 is 2.59 bits per heavy atom. The molecule has 1 fully saturated rings. The Bertz CT molecular complexity index is 899. The van der Waals surface area contributed by atoms with Crippen LogP contribution in [0.2, 0.25) is 0 Å². The van der Waals surface area contributed by atoms with Gasteiger partial charge < -0.3 is 10.2 Å². The molecular formula is C18H25IN4O2S2. The number of halogens is 1. The Kier molecular flexibility index (Phi) is 7.28. The number of primary sulfonamides is 1. The van der Waals surface area contributed by atoms with E-state index in [2.05, 4.69) is 46.4 Å². The van der Waals surface area contributed by atoms with Crippen molar-refractivity contribution in [2.75, 3.05) is 20.1 Å². The molecule has 9 heteroatoms. The number of likely N-dealkylation sites (tertiary alicyclic amines) is 1. The third kappa shape index (κ3) is 5.21. The molecule has 0 spiro atoms. The highest BCUT2D eigenvalue weighted by molar-refractivity contribution is 14.0. The largest absolute Gasteiger partial charge is 0.351 e. The van der Waals surface area contributed by atoms with Crippen LogP contribution < -0.4 is 10.5 Å². The van der Waals surface area contributed by atoms with Crippen molar-refractivity contribution in [3.05, 3.63) is 52.9 Å². The highest BCUT2D eigenvalue weighted by Crippen LogP contribution is 2.34. The van der Waals surface area contributed by atoms with E-state index in [1.54, 1.807) is 19.2 Å². The first-order valence-corrected chi connectivity index (χ1v) is 10.8. The first-order valence-electron chi connectivity index (χ1n) is 8.44. The summed E-state index contributed by atoms with van der Waals surface area (Å²) in [7, 11) is -1.87. The van der Waals surface area contributed by atoms with Crippen molar-refractivity contribution in [3.8, 4) is 0 Å². The number of nitrogens with one attached hydrogen (secondary N) is 1. The summed E-state index contributed by atoms with van der Waals surface area (Å²) in [6.07, 6.45) is 1.06. The first-order chi connectivity index (χ1) is 12.3. The summed E-state index contributed by atoms with van der Waals surface area (Å²) in [6.45, 7) is 4.63. The van der Waals surface area contributed by atoms with Gasteiger partial charge in [0.1, 0.15) is 4.21 Å². The van der Waals surface area contributed by atoms with Gasteiger partial charge in [0, 0.05) is 30.4 Å². The topological polar surface area (TPSA) is 87.8 Å². The minimum Gasteiger partial charge on any atom is -0.351 e. The van der Waals surface area contributed by atoms with E-state index in [4.69, 9.17) is 5.14 Å². The van der Waals surface area contributed by atoms with Gasteiger partial charge in [-0.15, -0.1) is 35.3 Å². The number of hydrogen-bond donors (Lipinski definition) is 2. The molecule has 3 rings (SSSR count). The zero-order chi connectivity index (χ0) is 18.8. The average Bonchev–Trinajstić information content (AvgIpc) is 3.24. The van der Waals surface area contributed by atoms with E-state index in [0.717, 1.165) is 30.3 Å². The quantitative estimate of drug-likeness (QED) is 0.369. The molecule has 1 unspecified atom stereocenters. The van der Waals surface area contributed by atoms with Crippen molar-refractivity contribution in [2.45, 2.75) is 29.5 Å². The zero-order valence-corrected chi connectivity index (χ0v) is 19.3. The van der Waals surface area contributed by atoms with E-state index in [0.29, 0.717) is 6.54 Å². The Balaban J connectivity index is 0.00000261. The second-order valence-electron chi connectivity index (χ2n) is 6.76. The van der Waals surface area contributed by atoms with Gasteiger partial charge in [-0.05, 0) is 24.1 Å². The predicted octanol–water partition coefficient (Wildman–Crippen LogP) is 2.75. The minimum atomic E-state index is -3.64. The fourth-order valence-corrected chi connectivity index (χ4v) is 5.04. The number of aliphatic imine (C=N–C) groups is 1. The van der Waals surface area contributed by atoms with Crippen molar-refractivity contribution in [3.63, 3.8) is 0 Å². The molecule has 0 saturated carbocycles. The molecule has 2 aromatic rings. The van der Waals surface area contributed by atoms with E-state index in [1.807, 2.05) is 6.07 Å². The van der Waals surface area contributed by atoms with Crippen LogP contribution in [0.4, 0.5) is 0 Å². The van der Waals surface area contributed by atoms with Crippen LogP contribution in [-0.2, 0) is 22.0 Å². The molecule has 27 heavy (non-hydrogen) atoms. The standard InChI is InChI=1S/C18H24N4O2S2.HI/c1-18(14-6-4-3-5-7-14)10-11-22(13-18)17(20-2)21-12-15-8-9-16(25-15)26(19,23)24;/h3-9H,10-13H2,1-2H3,(H,20,21)(H2,19,23,24);1H. The van der Waals surface area contributed by atoms with Gasteiger partial charge in [-0.2, -0.15) is 0 Å². The zero-order valence-electron chi connectivity index (χ0n) is 15.4. The molecule has 0 aliphatic carbocycles. The number of rotatable bonds is 4.